The summed E-state index contributed by atoms with van der Waals surface area (Å²) in [6.07, 6.45) is -3.05. The van der Waals surface area contributed by atoms with E-state index in [4.69, 9.17) is 10.5 Å². The Morgan fingerprint density at radius 3 is 2.47 bits per heavy atom. The average molecular weight is 275 g/mol. The Bertz CT molecular complexity index is 442. The third-order valence-electron chi connectivity index (χ3n) is 3.49. The van der Waals surface area contributed by atoms with Crippen LogP contribution in [0, 0.1) is 5.92 Å². The van der Waals surface area contributed by atoms with Crippen molar-refractivity contribution in [2.24, 2.45) is 11.7 Å². The van der Waals surface area contributed by atoms with Gasteiger partial charge in [0.2, 0.25) is 0 Å². The zero-order valence-corrected chi connectivity index (χ0v) is 10.3. The number of rotatable bonds is 2. The number of aromatic hydroxyl groups is 1. The molecular formula is C13H16F3NO2. The molecule has 6 heteroatoms. The molecule has 1 aromatic carbocycles. The second-order valence-corrected chi connectivity index (χ2v) is 4.75. The van der Waals surface area contributed by atoms with Gasteiger partial charge in [-0.1, -0.05) is 0 Å². The molecule has 1 aromatic rings. The molecule has 0 amide bonds. The molecular weight excluding hydrogens is 259 g/mol. The van der Waals surface area contributed by atoms with Gasteiger partial charge in [-0.25, -0.2) is 0 Å². The van der Waals surface area contributed by atoms with E-state index in [1.807, 2.05) is 0 Å². The van der Waals surface area contributed by atoms with Crippen molar-refractivity contribution < 1.29 is 23.0 Å². The van der Waals surface area contributed by atoms with Gasteiger partial charge in [-0.05, 0) is 37.0 Å². The van der Waals surface area contributed by atoms with E-state index < -0.39 is 17.8 Å². The second kappa shape index (κ2) is 5.38. The summed E-state index contributed by atoms with van der Waals surface area (Å²) < 4.78 is 43.2. The van der Waals surface area contributed by atoms with Crippen LogP contribution < -0.4 is 5.73 Å². The maximum Gasteiger partial charge on any atom is 0.416 e. The average Bonchev–Trinajstić information content (AvgIpc) is 2.38. The first kappa shape index (κ1) is 14.1. The first-order valence-electron chi connectivity index (χ1n) is 6.13. The molecule has 0 unspecified atom stereocenters. The first-order chi connectivity index (χ1) is 8.89. The molecule has 0 aliphatic carbocycles. The number of benzene rings is 1. The summed E-state index contributed by atoms with van der Waals surface area (Å²) in [5.41, 5.74) is 5.37. The first-order valence-corrected chi connectivity index (χ1v) is 6.13. The number of ether oxygens (including phenoxy) is 1. The molecule has 1 aliphatic heterocycles. The van der Waals surface area contributed by atoms with E-state index >= 15 is 0 Å². The van der Waals surface area contributed by atoms with Crippen LogP contribution in [0.1, 0.15) is 30.0 Å². The van der Waals surface area contributed by atoms with Gasteiger partial charge >= 0.3 is 6.18 Å². The van der Waals surface area contributed by atoms with Gasteiger partial charge in [-0.3, -0.25) is 0 Å². The summed E-state index contributed by atoms with van der Waals surface area (Å²) in [4.78, 5) is 0. The Morgan fingerprint density at radius 1 is 1.26 bits per heavy atom. The molecule has 0 saturated carbocycles. The van der Waals surface area contributed by atoms with Crippen LogP contribution in [0.4, 0.5) is 13.2 Å². The predicted molar refractivity (Wildman–Crippen MR) is 63.6 cm³/mol. The van der Waals surface area contributed by atoms with E-state index in [2.05, 4.69) is 0 Å². The molecule has 19 heavy (non-hydrogen) atoms. The van der Waals surface area contributed by atoms with E-state index in [-0.39, 0.29) is 17.2 Å². The minimum atomic E-state index is -4.43. The van der Waals surface area contributed by atoms with Crippen LogP contribution in [0.2, 0.25) is 0 Å². The highest BCUT2D eigenvalue weighted by Gasteiger charge is 2.32. The van der Waals surface area contributed by atoms with Gasteiger partial charge in [-0.15, -0.1) is 0 Å². The smallest absolute Gasteiger partial charge is 0.416 e. The van der Waals surface area contributed by atoms with Crippen LogP contribution in [0.5, 0.6) is 5.75 Å². The number of hydrogen-bond donors (Lipinski definition) is 2. The van der Waals surface area contributed by atoms with Gasteiger partial charge < -0.3 is 15.6 Å². The highest BCUT2D eigenvalue weighted by atomic mass is 19.4. The third-order valence-corrected chi connectivity index (χ3v) is 3.49. The molecule has 0 spiro atoms. The van der Waals surface area contributed by atoms with E-state index in [0.717, 1.165) is 18.2 Å². The zero-order valence-electron chi connectivity index (χ0n) is 10.3. The molecule has 106 valence electrons. The lowest BCUT2D eigenvalue weighted by Crippen LogP contribution is -2.27. The molecule has 0 bridgehead atoms. The number of halogens is 3. The molecule has 1 saturated heterocycles. The standard InChI is InChI=1S/C13H16F3NO2/c14-13(15,16)9-1-2-11(18)10(7-9)12(17)8-3-5-19-6-4-8/h1-2,7-8,12,18H,3-6,17H2/t12-/m1/s1. The number of alkyl halides is 3. The number of nitrogens with two attached hydrogens (primary N) is 1. The van der Waals surface area contributed by atoms with Crippen molar-refractivity contribution in [3.63, 3.8) is 0 Å². The predicted octanol–water partition coefficient (Wildman–Crippen LogP) is 2.84. The van der Waals surface area contributed by atoms with Crippen molar-refractivity contribution in [3.8, 4) is 5.75 Å². The fraction of sp³-hybridized carbons (Fsp3) is 0.538. The fourth-order valence-corrected chi connectivity index (χ4v) is 2.33. The number of phenolic OH excluding ortho intramolecular Hbond substituents is 1. The largest absolute Gasteiger partial charge is 0.508 e. The van der Waals surface area contributed by atoms with Crippen LogP contribution in [-0.4, -0.2) is 18.3 Å². The van der Waals surface area contributed by atoms with Crippen molar-refractivity contribution in [1.82, 2.24) is 0 Å². The monoisotopic (exact) mass is 275 g/mol. The Morgan fingerprint density at radius 2 is 1.89 bits per heavy atom. The highest BCUT2D eigenvalue weighted by Crippen LogP contribution is 2.37. The minimum Gasteiger partial charge on any atom is -0.508 e. The zero-order chi connectivity index (χ0) is 14.0. The van der Waals surface area contributed by atoms with Gasteiger partial charge in [0, 0.05) is 24.8 Å². The maximum atomic E-state index is 12.7. The fourth-order valence-electron chi connectivity index (χ4n) is 2.33. The summed E-state index contributed by atoms with van der Waals surface area (Å²) in [7, 11) is 0. The molecule has 1 fully saturated rings. The Balaban J connectivity index is 2.27. The van der Waals surface area contributed by atoms with Gasteiger partial charge in [-0.2, -0.15) is 13.2 Å². The van der Waals surface area contributed by atoms with Crippen LogP contribution >= 0.6 is 0 Å². The quantitative estimate of drug-likeness (QED) is 0.872. The van der Waals surface area contributed by atoms with Crippen LogP contribution in [0.15, 0.2) is 18.2 Å². The lowest BCUT2D eigenvalue weighted by Gasteiger charge is -2.28. The number of hydrogen-bond acceptors (Lipinski definition) is 3. The van der Waals surface area contributed by atoms with Gasteiger partial charge in [0.25, 0.3) is 0 Å². The van der Waals surface area contributed by atoms with Crippen molar-refractivity contribution in [1.29, 1.82) is 0 Å². The number of phenols is 1. The molecule has 1 heterocycles. The van der Waals surface area contributed by atoms with Crippen molar-refractivity contribution in [2.75, 3.05) is 13.2 Å². The van der Waals surface area contributed by atoms with Crippen LogP contribution in [-0.2, 0) is 10.9 Å². The van der Waals surface area contributed by atoms with Gasteiger partial charge in [0.1, 0.15) is 5.75 Å². The summed E-state index contributed by atoms with van der Waals surface area (Å²) >= 11 is 0. The van der Waals surface area contributed by atoms with E-state index in [9.17, 15) is 18.3 Å². The molecule has 0 aromatic heterocycles. The van der Waals surface area contributed by atoms with Crippen molar-refractivity contribution in [3.05, 3.63) is 29.3 Å². The molecule has 1 atom stereocenters. The molecule has 1 aliphatic rings. The minimum absolute atomic E-state index is 0.0307. The van der Waals surface area contributed by atoms with Crippen LogP contribution in [0.3, 0.4) is 0 Å². The van der Waals surface area contributed by atoms with E-state index in [1.54, 1.807) is 0 Å². The SMILES string of the molecule is N[C@@H](c1cc(C(F)(F)F)ccc1O)C1CCOCC1. The Labute approximate surface area is 109 Å². The Hall–Kier alpha value is -1.27. The van der Waals surface area contributed by atoms with Crippen molar-refractivity contribution >= 4 is 0 Å². The van der Waals surface area contributed by atoms with Crippen molar-refractivity contribution in [2.45, 2.75) is 25.1 Å². The molecule has 2 rings (SSSR count). The summed E-state index contributed by atoms with van der Waals surface area (Å²) in [6.45, 7) is 1.11. The summed E-state index contributed by atoms with van der Waals surface area (Å²) in [6, 6.07) is 2.24. The third kappa shape index (κ3) is 3.19. The van der Waals surface area contributed by atoms with Crippen LogP contribution in [0.25, 0.3) is 0 Å². The lowest BCUT2D eigenvalue weighted by molar-refractivity contribution is -0.137. The highest BCUT2D eigenvalue weighted by molar-refractivity contribution is 5.39. The summed E-state index contributed by atoms with van der Waals surface area (Å²) in [5.74, 6) is -0.157. The maximum absolute atomic E-state index is 12.7. The Kier molecular flexibility index (Phi) is 4.01. The normalized spacial score (nSPS) is 19.4. The van der Waals surface area contributed by atoms with E-state index in [0.29, 0.717) is 26.1 Å². The molecule has 3 nitrogen and oxygen atoms in total. The lowest BCUT2D eigenvalue weighted by atomic mass is 9.87. The van der Waals surface area contributed by atoms with Gasteiger partial charge in [0.05, 0.1) is 5.56 Å². The molecule has 3 N–H and O–H groups in total. The topological polar surface area (TPSA) is 55.5 Å². The molecule has 0 radical (unpaired) electrons. The second-order valence-electron chi connectivity index (χ2n) is 4.75. The summed E-state index contributed by atoms with van der Waals surface area (Å²) in [5, 5.41) is 9.72. The van der Waals surface area contributed by atoms with Gasteiger partial charge in [0.15, 0.2) is 0 Å². The van der Waals surface area contributed by atoms with E-state index in [1.165, 1.54) is 0 Å².